The first-order valence-electron chi connectivity index (χ1n) is 6.19. The maximum atomic E-state index is 12.4. The summed E-state index contributed by atoms with van der Waals surface area (Å²) in [6.07, 6.45) is 3.49. The lowest BCUT2D eigenvalue weighted by Gasteiger charge is -2.35. The average molecular weight is 248 g/mol. The molecule has 0 N–H and O–H groups in total. The van der Waals surface area contributed by atoms with Crippen LogP contribution in [-0.4, -0.2) is 45.6 Å². The number of rotatable bonds is 1. The molecule has 2 aliphatic heterocycles. The number of amides is 2. The zero-order chi connectivity index (χ0) is 12.9. The monoisotopic (exact) mass is 248 g/mol. The Hall–Kier alpha value is -1.85. The predicted molar refractivity (Wildman–Crippen MR) is 65.0 cm³/mol. The fourth-order valence-corrected chi connectivity index (χ4v) is 2.86. The van der Waals surface area contributed by atoms with Gasteiger partial charge in [-0.3, -0.25) is 19.2 Å². The molecule has 2 amide bonds. The first-order valence-corrected chi connectivity index (χ1v) is 6.19. The number of fused-ring (bicyclic) bond motifs is 1. The first kappa shape index (κ1) is 11.3. The fraction of sp³-hybridized carbons (Fsp3) is 0.583. The third-order valence-electron chi connectivity index (χ3n) is 3.70. The molecule has 2 aliphatic rings. The molecule has 6 heteroatoms. The number of anilines is 1. The van der Waals surface area contributed by atoms with Crippen LogP contribution in [0.5, 0.6) is 0 Å². The summed E-state index contributed by atoms with van der Waals surface area (Å²) in [4.78, 5) is 27.7. The third-order valence-corrected chi connectivity index (χ3v) is 3.70. The standard InChI is InChI=1S/C12H16N4O2/c1-8-10(6-14(2)13-8)16-7-11(17)15-5-3-4-9(15)12(16)18/h6,9H,3-5,7H2,1-2H3. The zero-order valence-electron chi connectivity index (χ0n) is 10.6. The highest BCUT2D eigenvalue weighted by molar-refractivity contribution is 6.07. The highest BCUT2D eigenvalue weighted by Gasteiger charge is 2.43. The van der Waals surface area contributed by atoms with Crippen LogP contribution in [0.25, 0.3) is 0 Å². The van der Waals surface area contributed by atoms with Gasteiger partial charge >= 0.3 is 0 Å². The second-order valence-electron chi connectivity index (χ2n) is 4.94. The Morgan fingerprint density at radius 1 is 1.39 bits per heavy atom. The summed E-state index contributed by atoms with van der Waals surface area (Å²) in [7, 11) is 1.81. The summed E-state index contributed by atoms with van der Waals surface area (Å²) in [5.41, 5.74) is 1.53. The van der Waals surface area contributed by atoms with Crippen LogP contribution in [0.15, 0.2) is 6.20 Å². The van der Waals surface area contributed by atoms with Crippen molar-refractivity contribution in [3.63, 3.8) is 0 Å². The molecule has 1 aromatic rings. The minimum absolute atomic E-state index is 0.0307. The van der Waals surface area contributed by atoms with Gasteiger partial charge in [-0.25, -0.2) is 0 Å². The summed E-state index contributed by atoms with van der Waals surface area (Å²) in [6.45, 7) is 2.71. The molecule has 3 rings (SSSR count). The molecular formula is C12H16N4O2. The summed E-state index contributed by atoms with van der Waals surface area (Å²) in [6, 6.07) is -0.258. The molecule has 3 heterocycles. The van der Waals surface area contributed by atoms with E-state index in [1.165, 1.54) is 0 Å². The minimum atomic E-state index is -0.258. The molecule has 96 valence electrons. The Labute approximate surface area is 105 Å². The lowest BCUT2D eigenvalue weighted by molar-refractivity contribution is -0.140. The molecule has 0 aromatic carbocycles. The van der Waals surface area contributed by atoms with E-state index in [-0.39, 0.29) is 24.4 Å². The molecule has 18 heavy (non-hydrogen) atoms. The molecule has 1 atom stereocenters. The zero-order valence-corrected chi connectivity index (χ0v) is 10.6. The topological polar surface area (TPSA) is 58.4 Å². The number of carbonyl (C=O) groups is 2. The Bertz CT molecular complexity index is 522. The molecule has 2 fully saturated rings. The second-order valence-corrected chi connectivity index (χ2v) is 4.94. The SMILES string of the molecule is Cc1nn(C)cc1N1CC(=O)N2CCCC2C1=O. The molecule has 1 aromatic heterocycles. The number of hydrogen-bond donors (Lipinski definition) is 0. The fourth-order valence-electron chi connectivity index (χ4n) is 2.86. The molecule has 0 saturated carbocycles. The van der Waals surface area contributed by atoms with Crippen molar-refractivity contribution in [2.45, 2.75) is 25.8 Å². The van der Waals surface area contributed by atoms with Gasteiger partial charge in [0.2, 0.25) is 11.8 Å². The van der Waals surface area contributed by atoms with E-state index in [0.29, 0.717) is 0 Å². The van der Waals surface area contributed by atoms with Gasteiger partial charge in [0.25, 0.3) is 0 Å². The summed E-state index contributed by atoms with van der Waals surface area (Å²) < 4.78 is 1.67. The number of piperazine rings is 1. The molecule has 0 aliphatic carbocycles. The van der Waals surface area contributed by atoms with Gasteiger partial charge in [0.1, 0.15) is 12.6 Å². The molecule has 0 spiro atoms. The van der Waals surface area contributed by atoms with Crippen molar-refractivity contribution in [2.24, 2.45) is 7.05 Å². The van der Waals surface area contributed by atoms with E-state index in [1.807, 2.05) is 14.0 Å². The van der Waals surface area contributed by atoms with Gasteiger partial charge in [-0.1, -0.05) is 0 Å². The largest absolute Gasteiger partial charge is 0.329 e. The van der Waals surface area contributed by atoms with Gasteiger partial charge in [-0.15, -0.1) is 0 Å². The van der Waals surface area contributed by atoms with Crippen molar-refractivity contribution in [3.05, 3.63) is 11.9 Å². The van der Waals surface area contributed by atoms with Crippen molar-refractivity contribution in [1.82, 2.24) is 14.7 Å². The summed E-state index contributed by atoms with van der Waals surface area (Å²) in [5, 5.41) is 4.23. The highest BCUT2D eigenvalue weighted by Crippen LogP contribution is 2.28. The van der Waals surface area contributed by atoms with Crippen LogP contribution in [0, 0.1) is 6.92 Å². The van der Waals surface area contributed by atoms with Crippen LogP contribution < -0.4 is 4.90 Å². The minimum Gasteiger partial charge on any atom is -0.329 e. The van der Waals surface area contributed by atoms with E-state index >= 15 is 0 Å². The van der Waals surface area contributed by atoms with E-state index in [1.54, 1.807) is 20.7 Å². The number of carbonyl (C=O) groups excluding carboxylic acids is 2. The molecule has 0 radical (unpaired) electrons. The van der Waals surface area contributed by atoms with Gasteiger partial charge in [-0.2, -0.15) is 5.10 Å². The Balaban J connectivity index is 1.96. The maximum Gasteiger partial charge on any atom is 0.250 e. The van der Waals surface area contributed by atoms with Gasteiger partial charge in [-0.05, 0) is 19.8 Å². The van der Waals surface area contributed by atoms with E-state index in [9.17, 15) is 9.59 Å². The smallest absolute Gasteiger partial charge is 0.250 e. The van der Waals surface area contributed by atoms with Crippen molar-refractivity contribution < 1.29 is 9.59 Å². The van der Waals surface area contributed by atoms with Gasteiger partial charge in [0, 0.05) is 19.8 Å². The van der Waals surface area contributed by atoms with Crippen molar-refractivity contribution in [2.75, 3.05) is 18.0 Å². The summed E-state index contributed by atoms with van der Waals surface area (Å²) in [5.74, 6) is 0.0727. The van der Waals surface area contributed by atoms with Crippen LogP contribution in [0.1, 0.15) is 18.5 Å². The summed E-state index contributed by atoms with van der Waals surface area (Å²) >= 11 is 0. The van der Waals surface area contributed by atoms with Crippen molar-refractivity contribution in [3.8, 4) is 0 Å². The van der Waals surface area contributed by atoms with Crippen LogP contribution in [-0.2, 0) is 16.6 Å². The van der Waals surface area contributed by atoms with Crippen LogP contribution >= 0.6 is 0 Å². The Kier molecular flexibility index (Phi) is 2.39. The number of aryl methyl sites for hydroxylation is 2. The van der Waals surface area contributed by atoms with E-state index in [4.69, 9.17) is 0 Å². The van der Waals surface area contributed by atoms with Gasteiger partial charge in [0.15, 0.2) is 0 Å². The molecule has 2 saturated heterocycles. The Morgan fingerprint density at radius 3 is 2.83 bits per heavy atom. The first-order chi connectivity index (χ1) is 8.58. The van der Waals surface area contributed by atoms with Crippen molar-refractivity contribution >= 4 is 17.5 Å². The lowest BCUT2D eigenvalue weighted by Crippen LogP contribution is -2.57. The van der Waals surface area contributed by atoms with Crippen LogP contribution in [0.2, 0.25) is 0 Å². The van der Waals surface area contributed by atoms with Gasteiger partial charge in [0.05, 0.1) is 11.4 Å². The van der Waals surface area contributed by atoms with E-state index in [2.05, 4.69) is 5.10 Å². The molecule has 1 unspecified atom stereocenters. The third kappa shape index (κ3) is 1.52. The maximum absolute atomic E-state index is 12.4. The molecular weight excluding hydrogens is 232 g/mol. The highest BCUT2D eigenvalue weighted by atomic mass is 16.2. The number of nitrogens with zero attached hydrogens (tertiary/aromatic N) is 4. The normalized spacial score (nSPS) is 23.8. The van der Waals surface area contributed by atoms with Gasteiger partial charge < -0.3 is 4.90 Å². The Morgan fingerprint density at radius 2 is 2.17 bits per heavy atom. The predicted octanol–water partition coefficient (Wildman–Crippen LogP) is 0.0661. The second kappa shape index (κ2) is 3.83. The number of hydrogen-bond acceptors (Lipinski definition) is 3. The average Bonchev–Trinajstić information content (AvgIpc) is 2.91. The quantitative estimate of drug-likeness (QED) is 0.706. The van der Waals surface area contributed by atoms with E-state index in [0.717, 1.165) is 30.8 Å². The lowest BCUT2D eigenvalue weighted by atomic mass is 10.1. The van der Waals surface area contributed by atoms with E-state index < -0.39 is 0 Å². The molecule has 0 bridgehead atoms. The molecule has 6 nitrogen and oxygen atoms in total. The van der Waals surface area contributed by atoms with Crippen molar-refractivity contribution in [1.29, 1.82) is 0 Å². The van der Waals surface area contributed by atoms with Crippen LogP contribution in [0.3, 0.4) is 0 Å². The van der Waals surface area contributed by atoms with Crippen LogP contribution in [0.4, 0.5) is 5.69 Å². The number of aromatic nitrogens is 2.